The minimum absolute atomic E-state index is 0.201. The first-order valence-electron chi connectivity index (χ1n) is 6.32. The van der Waals surface area contributed by atoms with Gasteiger partial charge >= 0.3 is 0 Å². The van der Waals surface area contributed by atoms with Crippen molar-refractivity contribution in [3.8, 4) is 0 Å². The molecule has 5 nitrogen and oxygen atoms in total. The Labute approximate surface area is 114 Å². The molecular weight excluding hydrogens is 264 g/mol. The molecule has 1 unspecified atom stereocenters. The predicted molar refractivity (Wildman–Crippen MR) is 74.4 cm³/mol. The molecule has 0 aliphatic carbocycles. The highest BCUT2D eigenvalue weighted by Gasteiger charge is 2.31. The van der Waals surface area contributed by atoms with E-state index < -0.39 is 15.6 Å². The lowest BCUT2D eigenvalue weighted by Gasteiger charge is -2.23. The number of nitrogens with one attached hydrogen (secondary N) is 1. The summed E-state index contributed by atoms with van der Waals surface area (Å²) in [6.07, 6.45) is 1.83. The number of ether oxygens (including phenoxy) is 1. The third-order valence-electron chi connectivity index (χ3n) is 3.32. The maximum Gasteiger partial charge on any atom is 0.240 e. The lowest BCUT2D eigenvalue weighted by Crippen LogP contribution is -2.40. The molecule has 1 aromatic rings. The number of hydrogen-bond acceptors (Lipinski definition) is 4. The SMILES string of the molecule is Cc1cc(N)cc(S(=O)(=O)NCC2(C)CCCO2)c1. The van der Waals surface area contributed by atoms with Crippen molar-refractivity contribution in [3.63, 3.8) is 0 Å². The molecule has 1 fully saturated rings. The Kier molecular flexibility index (Phi) is 3.85. The summed E-state index contributed by atoms with van der Waals surface area (Å²) in [6, 6.07) is 4.81. The van der Waals surface area contributed by atoms with E-state index in [1.807, 2.05) is 13.8 Å². The highest BCUT2D eigenvalue weighted by Crippen LogP contribution is 2.25. The number of sulfonamides is 1. The van der Waals surface area contributed by atoms with Crippen molar-refractivity contribution < 1.29 is 13.2 Å². The number of rotatable bonds is 4. The Morgan fingerprint density at radius 1 is 1.42 bits per heavy atom. The summed E-state index contributed by atoms with van der Waals surface area (Å²) in [4.78, 5) is 0.201. The van der Waals surface area contributed by atoms with Crippen LogP contribution in [0, 0.1) is 6.92 Å². The Morgan fingerprint density at radius 3 is 2.74 bits per heavy atom. The van der Waals surface area contributed by atoms with E-state index in [9.17, 15) is 8.42 Å². The van der Waals surface area contributed by atoms with Crippen LogP contribution in [0.4, 0.5) is 5.69 Å². The van der Waals surface area contributed by atoms with Gasteiger partial charge in [0.2, 0.25) is 10.0 Å². The Bertz CT molecular complexity index is 543. The number of aryl methyl sites for hydroxylation is 1. The molecule has 1 saturated heterocycles. The van der Waals surface area contributed by atoms with E-state index in [2.05, 4.69) is 4.72 Å². The quantitative estimate of drug-likeness (QED) is 0.819. The molecule has 0 spiro atoms. The number of nitrogens with two attached hydrogens (primary N) is 1. The topological polar surface area (TPSA) is 81.4 Å². The molecule has 1 aliphatic heterocycles. The third-order valence-corrected chi connectivity index (χ3v) is 4.70. The zero-order valence-corrected chi connectivity index (χ0v) is 12.1. The van der Waals surface area contributed by atoms with Crippen LogP contribution in [-0.2, 0) is 14.8 Å². The monoisotopic (exact) mass is 284 g/mol. The summed E-state index contributed by atoms with van der Waals surface area (Å²) in [5, 5.41) is 0. The van der Waals surface area contributed by atoms with E-state index in [-0.39, 0.29) is 11.4 Å². The van der Waals surface area contributed by atoms with Crippen molar-refractivity contribution in [1.82, 2.24) is 4.72 Å². The molecule has 6 heteroatoms. The lowest BCUT2D eigenvalue weighted by atomic mass is 10.0. The van der Waals surface area contributed by atoms with E-state index in [0.717, 1.165) is 18.4 Å². The normalized spacial score (nSPS) is 23.7. The summed E-state index contributed by atoms with van der Waals surface area (Å²) in [5.41, 5.74) is 6.55. The molecule has 106 valence electrons. The fourth-order valence-corrected chi connectivity index (χ4v) is 3.53. The van der Waals surface area contributed by atoms with Crippen LogP contribution in [0.3, 0.4) is 0 Å². The first-order valence-corrected chi connectivity index (χ1v) is 7.80. The van der Waals surface area contributed by atoms with Gasteiger partial charge in [0, 0.05) is 18.8 Å². The fourth-order valence-electron chi connectivity index (χ4n) is 2.24. The second-order valence-corrected chi connectivity index (χ2v) is 7.07. The Hall–Kier alpha value is -1.11. The average Bonchev–Trinajstić information content (AvgIpc) is 2.73. The van der Waals surface area contributed by atoms with Crippen molar-refractivity contribution in [2.45, 2.75) is 37.2 Å². The second-order valence-electron chi connectivity index (χ2n) is 5.31. The molecular formula is C13H20N2O3S. The van der Waals surface area contributed by atoms with Gasteiger partial charge in [0.05, 0.1) is 10.5 Å². The van der Waals surface area contributed by atoms with E-state index in [1.165, 1.54) is 6.07 Å². The van der Waals surface area contributed by atoms with E-state index in [0.29, 0.717) is 12.3 Å². The summed E-state index contributed by atoms with van der Waals surface area (Å²) >= 11 is 0. The maximum absolute atomic E-state index is 12.2. The van der Waals surface area contributed by atoms with Crippen molar-refractivity contribution in [1.29, 1.82) is 0 Å². The highest BCUT2D eigenvalue weighted by atomic mass is 32.2. The molecule has 3 N–H and O–H groups in total. The standard InChI is InChI=1S/C13H20N2O3S/c1-10-6-11(14)8-12(7-10)19(16,17)15-9-13(2)4-3-5-18-13/h6-8,15H,3-5,9,14H2,1-2H3. The molecule has 0 saturated carbocycles. The van der Waals surface area contributed by atoms with Crippen LogP contribution in [-0.4, -0.2) is 27.2 Å². The highest BCUT2D eigenvalue weighted by molar-refractivity contribution is 7.89. The number of benzene rings is 1. The van der Waals surface area contributed by atoms with E-state index in [4.69, 9.17) is 10.5 Å². The third kappa shape index (κ3) is 3.46. The number of nitrogen functional groups attached to an aromatic ring is 1. The lowest BCUT2D eigenvalue weighted by molar-refractivity contribution is 0.0250. The van der Waals surface area contributed by atoms with Gasteiger partial charge in [-0.15, -0.1) is 0 Å². The summed E-state index contributed by atoms with van der Waals surface area (Å²) in [5.74, 6) is 0. The molecule has 0 bridgehead atoms. The second kappa shape index (κ2) is 5.11. The molecule has 19 heavy (non-hydrogen) atoms. The number of hydrogen-bond donors (Lipinski definition) is 2. The van der Waals surface area contributed by atoms with Crippen molar-refractivity contribution in [2.24, 2.45) is 0 Å². The molecule has 0 radical (unpaired) electrons. The van der Waals surface area contributed by atoms with E-state index >= 15 is 0 Å². The van der Waals surface area contributed by atoms with Gasteiger partial charge in [-0.3, -0.25) is 0 Å². The zero-order chi connectivity index (χ0) is 14.1. The van der Waals surface area contributed by atoms with Crippen LogP contribution in [0.5, 0.6) is 0 Å². The molecule has 1 aliphatic rings. The molecule has 1 atom stereocenters. The van der Waals surface area contributed by atoms with Gasteiger partial charge in [-0.05, 0) is 50.5 Å². The van der Waals surface area contributed by atoms with Gasteiger partial charge in [-0.2, -0.15) is 0 Å². The number of anilines is 1. The Balaban J connectivity index is 2.13. The molecule has 1 heterocycles. The molecule has 2 rings (SSSR count). The smallest absolute Gasteiger partial charge is 0.240 e. The van der Waals surface area contributed by atoms with Crippen molar-refractivity contribution >= 4 is 15.7 Å². The van der Waals surface area contributed by atoms with Crippen LogP contribution in [0.25, 0.3) is 0 Å². The average molecular weight is 284 g/mol. The summed E-state index contributed by atoms with van der Waals surface area (Å²) in [6.45, 7) is 4.71. The van der Waals surface area contributed by atoms with Crippen molar-refractivity contribution in [3.05, 3.63) is 23.8 Å². The maximum atomic E-state index is 12.2. The summed E-state index contributed by atoms with van der Waals surface area (Å²) < 4.78 is 32.6. The molecule has 0 aromatic heterocycles. The molecule has 0 amide bonds. The fraction of sp³-hybridized carbons (Fsp3) is 0.538. The van der Waals surface area contributed by atoms with Crippen LogP contribution >= 0.6 is 0 Å². The van der Waals surface area contributed by atoms with Crippen LogP contribution < -0.4 is 10.5 Å². The van der Waals surface area contributed by atoms with Crippen LogP contribution in [0.1, 0.15) is 25.3 Å². The van der Waals surface area contributed by atoms with Gasteiger partial charge in [-0.25, -0.2) is 13.1 Å². The summed E-state index contributed by atoms with van der Waals surface area (Å²) in [7, 11) is -3.54. The van der Waals surface area contributed by atoms with Gasteiger partial charge in [-0.1, -0.05) is 0 Å². The first-order chi connectivity index (χ1) is 8.81. The largest absolute Gasteiger partial charge is 0.399 e. The first kappa shape index (κ1) is 14.3. The zero-order valence-electron chi connectivity index (χ0n) is 11.3. The molecule has 1 aromatic carbocycles. The minimum atomic E-state index is -3.54. The van der Waals surface area contributed by atoms with Crippen LogP contribution in [0.2, 0.25) is 0 Å². The van der Waals surface area contributed by atoms with Crippen LogP contribution in [0.15, 0.2) is 23.1 Å². The minimum Gasteiger partial charge on any atom is -0.399 e. The Morgan fingerprint density at radius 2 is 2.16 bits per heavy atom. The van der Waals surface area contributed by atoms with E-state index in [1.54, 1.807) is 12.1 Å². The van der Waals surface area contributed by atoms with Gasteiger partial charge in [0.1, 0.15) is 0 Å². The predicted octanol–water partition coefficient (Wildman–Crippen LogP) is 1.42. The van der Waals surface area contributed by atoms with Gasteiger partial charge in [0.15, 0.2) is 0 Å². The van der Waals surface area contributed by atoms with Gasteiger partial charge < -0.3 is 10.5 Å². The van der Waals surface area contributed by atoms with Crippen molar-refractivity contribution in [2.75, 3.05) is 18.9 Å². The van der Waals surface area contributed by atoms with Gasteiger partial charge in [0.25, 0.3) is 0 Å².